The maximum atomic E-state index is 12.7. The van der Waals surface area contributed by atoms with Crippen LogP contribution in [-0.4, -0.2) is 29.2 Å². The summed E-state index contributed by atoms with van der Waals surface area (Å²) in [6.45, 7) is 10.6. The predicted molar refractivity (Wildman–Crippen MR) is 113 cm³/mol. The van der Waals surface area contributed by atoms with Gasteiger partial charge in [-0.15, -0.1) is 0 Å². The molecular formula is C24H31NO3. The molecule has 150 valence electrons. The van der Waals surface area contributed by atoms with Gasteiger partial charge in [0.25, 0.3) is 0 Å². The van der Waals surface area contributed by atoms with Gasteiger partial charge in [-0.1, -0.05) is 61.2 Å². The van der Waals surface area contributed by atoms with Crippen molar-refractivity contribution in [1.82, 2.24) is 4.90 Å². The van der Waals surface area contributed by atoms with Crippen molar-refractivity contribution in [3.05, 3.63) is 78.9 Å². The first kappa shape index (κ1) is 21.5. The van der Waals surface area contributed by atoms with E-state index in [0.29, 0.717) is 13.1 Å². The second-order valence-corrected chi connectivity index (χ2v) is 7.73. The fourth-order valence-electron chi connectivity index (χ4n) is 2.75. The molecule has 0 fully saturated rings. The van der Waals surface area contributed by atoms with Crippen LogP contribution in [0.5, 0.6) is 5.75 Å². The van der Waals surface area contributed by atoms with Crippen molar-refractivity contribution in [3.63, 3.8) is 0 Å². The van der Waals surface area contributed by atoms with Gasteiger partial charge in [-0.25, -0.2) is 4.79 Å². The van der Waals surface area contributed by atoms with Crippen LogP contribution in [0.4, 0.5) is 4.79 Å². The Morgan fingerprint density at radius 1 is 1.07 bits per heavy atom. The first-order valence-corrected chi connectivity index (χ1v) is 9.73. The van der Waals surface area contributed by atoms with Crippen molar-refractivity contribution in [2.45, 2.75) is 51.9 Å². The molecule has 1 atom stereocenters. The second kappa shape index (κ2) is 10.5. The van der Waals surface area contributed by atoms with Crippen molar-refractivity contribution in [2.24, 2.45) is 0 Å². The van der Waals surface area contributed by atoms with Crippen LogP contribution in [0.2, 0.25) is 0 Å². The molecule has 0 bridgehead atoms. The number of hydrogen-bond acceptors (Lipinski definition) is 3. The molecule has 0 heterocycles. The fraction of sp³-hybridized carbons (Fsp3) is 0.375. The Labute approximate surface area is 168 Å². The van der Waals surface area contributed by atoms with E-state index in [1.807, 2.05) is 87.5 Å². The van der Waals surface area contributed by atoms with Crippen LogP contribution >= 0.6 is 0 Å². The SMILES string of the molecule is C=CC(CCCN(Cc1ccccc1)C(=O)OC(C)(C)C)Oc1ccccc1. The number of hydrogen-bond donors (Lipinski definition) is 0. The molecule has 2 aromatic carbocycles. The van der Waals surface area contributed by atoms with E-state index in [1.165, 1.54) is 0 Å². The quantitative estimate of drug-likeness (QED) is 0.512. The number of ether oxygens (including phenoxy) is 2. The number of benzene rings is 2. The molecule has 2 rings (SSSR count). The molecule has 28 heavy (non-hydrogen) atoms. The van der Waals surface area contributed by atoms with Gasteiger partial charge in [0.05, 0.1) is 0 Å². The second-order valence-electron chi connectivity index (χ2n) is 7.73. The Morgan fingerprint density at radius 2 is 1.68 bits per heavy atom. The van der Waals surface area contributed by atoms with Gasteiger partial charge in [0.1, 0.15) is 17.5 Å². The summed E-state index contributed by atoms with van der Waals surface area (Å²) in [5, 5.41) is 0. The highest BCUT2D eigenvalue weighted by Gasteiger charge is 2.22. The molecule has 0 aromatic heterocycles. The Morgan fingerprint density at radius 3 is 2.25 bits per heavy atom. The third-order valence-electron chi connectivity index (χ3n) is 4.08. The van der Waals surface area contributed by atoms with Crippen molar-refractivity contribution in [3.8, 4) is 5.75 Å². The van der Waals surface area contributed by atoms with Crippen LogP contribution in [-0.2, 0) is 11.3 Å². The predicted octanol–water partition coefficient (Wildman–Crippen LogP) is 5.84. The van der Waals surface area contributed by atoms with E-state index < -0.39 is 5.60 Å². The average Bonchev–Trinajstić information content (AvgIpc) is 2.66. The highest BCUT2D eigenvalue weighted by molar-refractivity contribution is 5.68. The molecule has 4 nitrogen and oxygen atoms in total. The van der Waals surface area contributed by atoms with Crippen molar-refractivity contribution >= 4 is 6.09 Å². The maximum Gasteiger partial charge on any atom is 0.410 e. The minimum Gasteiger partial charge on any atom is -0.486 e. The first-order valence-electron chi connectivity index (χ1n) is 9.73. The molecule has 0 aliphatic heterocycles. The number of nitrogens with zero attached hydrogens (tertiary/aromatic N) is 1. The molecule has 0 aliphatic carbocycles. The molecular weight excluding hydrogens is 350 g/mol. The summed E-state index contributed by atoms with van der Waals surface area (Å²) >= 11 is 0. The zero-order valence-electron chi connectivity index (χ0n) is 17.1. The van der Waals surface area contributed by atoms with Gasteiger partial charge in [0, 0.05) is 13.1 Å². The Bertz CT molecular complexity index is 723. The molecule has 0 spiro atoms. The van der Waals surface area contributed by atoms with Gasteiger partial charge < -0.3 is 14.4 Å². The number of amides is 1. The summed E-state index contributed by atoms with van der Waals surface area (Å²) in [5.41, 5.74) is 0.556. The molecule has 0 aliphatic rings. The van der Waals surface area contributed by atoms with Gasteiger partial charge in [0.2, 0.25) is 0 Å². The van der Waals surface area contributed by atoms with E-state index in [0.717, 1.165) is 24.2 Å². The third kappa shape index (κ3) is 7.87. The third-order valence-corrected chi connectivity index (χ3v) is 4.08. The lowest BCUT2D eigenvalue weighted by Crippen LogP contribution is -2.37. The van der Waals surface area contributed by atoms with Crippen LogP contribution in [0, 0.1) is 0 Å². The van der Waals surface area contributed by atoms with Crippen LogP contribution < -0.4 is 4.74 Å². The van der Waals surface area contributed by atoms with E-state index in [9.17, 15) is 4.79 Å². The lowest BCUT2D eigenvalue weighted by molar-refractivity contribution is 0.0226. The Balaban J connectivity index is 1.94. The summed E-state index contributed by atoms with van der Waals surface area (Å²) in [5.74, 6) is 0.820. The minimum absolute atomic E-state index is 0.0976. The van der Waals surface area contributed by atoms with E-state index in [4.69, 9.17) is 9.47 Å². The van der Waals surface area contributed by atoms with Gasteiger partial charge in [-0.2, -0.15) is 0 Å². The molecule has 0 saturated carbocycles. The lowest BCUT2D eigenvalue weighted by atomic mass is 10.1. The van der Waals surface area contributed by atoms with Crippen LogP contribution in [0.25, 0.3) is 0 Å². The van der Waals surface area contributed by atoms with Gasteiger partial charge in [-0.3, -0.25) is 0 Å². The van der Waals surface area contributed by atoms with E-state index in [1.54, 1.807) is 4.90 Å². The molecule has 2 aromatic rings. The summed E-state index contributed by atoms with van der Waals surface area (Å²) in [7, 11) is 0. The van der Waals surface area contributed by atoms with Gasteiger partial charge in [-0.05, 0) is 51.3 Å². The smallest absolute Gasteiger partial charge is 0.410 e. The zero-order chi connectivity index (χ0) is 20.4. The maximum absolute atomic E-state index is 12.7. The largest absolute Gasteiger partial charge is 0.486 e. The summed E-state index contributed by atoms with van der Waals surface area (Å²) in [6.07, 6.45) is 2.97. The summed E-state index contributed by atoms with van der Waals surface area (Å²) in [4.78, 5) is 14.4. The number of carbonyl (C=O) groups excluding carboxylic acids is 1. The summed E-state index contributed by atoms with van der Waals surface area (Å²) in [6, 6.07) is 19.7. The lowest BCUT2D eigenvalue weighted by Gasteiger charge is -2.28. The van der Waals surface area contributed by atoms with Crippen LogP contribution in [0.1, 0.15) is 39.2 Å². The fourth-order valence-corrected chi connectivity index (χ4v) is 2.75. The molecule has 4 heteroatoms. The Kier molecular flexibility index (Phi) is 8.12. The molecule has 0 saturated heterocycles. The number of carbonyl (C=O) groups is 1. The molecule has 0 N–H and O–H groups in total. The highest BCUT2D eigenvalue weighted by atomic mass is 16.6. The number of para-hydroxylation sites is 1. The molecule has 1 amide bonds. The van der Waals surface area contributed by atoms with Crippen LogP contribution in [0.3, 0.4) is 0 Å². The highest BCUT2D eigenvalue weighted by Crippen LogP contribution is 2.17. The monoisotopic (exact) mass is 381 g/mol. The Hall–Kier alpha value is -2.75. The molecule has 1 unspecified atom stereocenters. The zero-order valence-corrected chi connectivity index (χ0v) is 17.1. The van der Waals surface area contributed by atoms with E-state index >= 15 is 0 Å². The van der Waals surface area contributed by atoms with E-state index in [-0.39, 0.29) is 12.2 Å². The van der Waals surface area contributed by atoms with Crippen molar-refractivity contribution in [1.29, 1.82) is 0 Å². The van der Waals surface area contributed by atoms with Gasteiger partial charge in [0.15, 0.2) is 0 Å². The standard InChI is InChI=1S/C24H31NO3/c1-5-21(27-22-15-10-7-11-16-22)17-12-18-25(23(26)28-24(2,3)4)19-20-13-8-6-9-14-20/h5-11,13-16,21H,1,12,17-19H2,2-4H3. The normalized spacial score (nSPS) is 12.1. The minimum atomic E-state index is -0.522. The summed E-state index contributed by atoms with van der Waals surface area (Å²) < 4.78 is 11.5. The van der Waals surface area contributed by atoms with Crippen LogP contribution in [0.15, 0.2) is 73.3 Å². The van der Waals surface area contributed by atoms with Crippen molar-refractivity contribution in [2.75, 3.05) is 6.54 Å². The topological polar surface area (TPSA) is 38.8 Å². The molecule has 0 radical (unpaired) electrons. The average molecular weight is 382 g/mol. The van der Waals surface area contributed by atoms with Crippen molar-refractivity contribution < 1.29 is 14.3 Å². The van der Waals surface area contributed by atoms with Gasteiger partial charge >= 0.3 is 6.09 Å². The number of rotatable bonds is 9. The first-order chi connectivity index (χ1) is 13.4. The van der Waals surface area contributed by atoms with E-state index in [2.05, 4.69) is 6.58 Å².